The van der Waals surface area contributed by atoms with Gasteiger partial charge in [-0.15, -0.1) is 0 Å². The van der Waals surface area contributed by atoms with E-state index in [0.717, 1.165) is 58.0 Å². The second-order valence-corrected chi connectivity index (χ2v) is 13.5. The Morgan fingerprint density at radius 2 is 1.91 bits per heavy atom. The predicted molar refractivity (Wildman–Crippen MR) is 174 cm³/mol. The van der Waals surface area contributed by atoms with E-state index in [-0.39, 0.29) is 51.1 Å². The van der Waals surface area contributed by atoms with Crippen LogP contribution in [0.25, 0.3) is 32.9 Å². The molecule has 0 amide bonds. The van der Waals surface area contributed by atoms with E-state index in [1.54, 1.807) is 12.1 Å². The van der Waals surface area contributed by atoms with E-state index in [4.69, 9.17) is 19.2 Å². The van der Waals surface area contributed by atoms with Crippen LogP contribution in [0, 0.1) is 11.6 Å². The van der Waals surface area contributed by atoms with Gasteiger partial charge >= 0.3 is 6.01 Å². The number of pyridine rings is 1. The first kappa shape index (κ1) is 30.6. The molecule has 47 heavy (non-hydrogen) atoms. The summed E-state index contributed by atoms with van der Waals surface area (Å²) in [5, 5.41) is 18.5. The van der Waals surface area contributed by atoms with Crippen LogP contribution < -0.4 is 15.4 Å². The van der Waals surface area contributed by atoms with Crippen molar-refractivity contribution in [3.8, 4) is 23.0 Å². The molecule has 3 fully saturated rings. The quantitative estimate of drug-likeness (QED) is 0.256. The van der Waals surface area contributed by atoms with Crippen LogP contribution >= 0.6 is 0 Å². The van der Waals surface area contributed by atoms with Gasteiger partial charge in [0.05, 0.1) is 23.6 Å². The lowest BCUT2D eigenvalue weighted by molar-refractivity contribution is 0.00561. The normalized spacial score (nSPS) is 25.4. The minimum Gasteiger partial charge on any atom is -0.508 e. The van der Waals surface area contributed by atoms with Crippen LogP contribution in [-0.4, -0.2) is 94.7 Å². The fourth-order valence-corrected chi connectivity index (χ4v) is 7.92. The molecule has 3 N–H and O–H groups in total. The van der Waals surface area contributed by atoms with Gasteiger partial charge in [-0.2, -0.15) is 9.97 Å². The summed E-state index contributed by atoms with van der Waals surface area (Å²) in [5.41, 5.74) is -0.213. The highest BCUT2D eigenvalue weighted by atomic mass is 19.1. The zero-order valence-electron chi connectivity index (χ0n) is 26.4. The number of anilines is 1. The van der Waals surface area contributed by atoms with E-state index in [2.05, 4.69) is 25.5 Å². The fourth-order valence-electron chi connectivity index (χ4n) is 7.92. The molecule has 1 saturated carbocycles. The van der Waals surface area contributed by atoms with Crippen molar-refractivity contribution in [2.24, 2.45) is 0 Å². The van der Waals surface area contributed by atoms with Crippen molar-refractivity contribution < 1.29 is 28.1 Å². The van der Waals surface area contributed by atoms with E-state index >= 15 is 8.78 Å². The first-order valence-electron chi connectivity index (χ1n) is 16.8. The van der Waals surface area contributed by atoms with Crippen LogP contribution in [-0.2, 0) is 9.47 Å². The number of nitrogens with zero attached hydrogens (tertiary/aromatic N) is 4. The van der Waals surface area contributed by atoms with Crippen molar-refractivity contribution in [1.29, 1.82) is 0 Å². The smallest absolute Gasteiger partial charge is 0.319 e. The molecule has 4 aromatic rings. The number of nitrogens with one attached hydrogen (secondary N) is 2. The number of phenols is 1. The standard InChI is InChI=1S/C35H40F2N6O4/c36-27-6-1-5-22-15-23(44)16-25(28(22)27)30-29(37)31-26(18-39-30)32-38-10-11-40-34(7-2-8-34)20-45-13-4-14-46-24-17-35(9-3-12-43(35)19-24)21-47-33(41-31)42-32/h1,5-6,15-16,18,24,40,44H,2-4,7-14,17,19-21H2,(H,38,41,42). The highest BCUT2D eigenvalue weighted by Crippen LogP contribution is 2.41. The number of halogens is 2. The van der Waals surface area contributed by atoms with Crippen molar-refractivity contribution >= 4 is 27.5 Å². The Bertz CT molecular complexity index is 1810. The molecule has 2 saturated heterocycles. The Hall–Kier alpha value is -3.71. The van der Waals surface area contributed by atoms with Gasteiger partial charge < -0.3 is 30.0 Å². The topological polar surface area (TPSA) is 114 Å². The molecule has 2 aromatic carbocycles. The van der Waals surface area contributed by atoms with E-state index < -0.39 is 11.6 Å². The van der Waals surface area contributed by atoms with E-state index in [0.29, 0.717) is 56.1 Å². The van der Waals surface area contributed by atoms with Crippen molar-refractivity contribution in [3.63, 3.8) is 0 Å². The zero-order valence-corrected chi connectivity index (χ0v) is 26.4. The maximum atomic E-state index is 16.6. The largest absolute Gasteiger partial charge is 0.508 e. The highest BCUT2D eigenvalue weighted by Gasteiger charge is 2.49. The number of aromatic nitrogens is 3. The molecule has 3 aliphatic heterocycles. The summed E-state index contributed by atoms with van der Waals surface area (Å²) < 4.78 is 50.4. The van der Waals surface area contributed by atoms with Crippen LogP contribution in [0.5, 0.6) is 11.8 Å². The molecule has 12 heteroatoms. The van der Waals surface area contributed by atoms with Gasteiger partial charge in [0.2, 0.25) is 0 Å². The third-order valence-corrected chi connectivity index (χ3v) is 10.5. The number of aromatic hydroxyl groups is 1. The third kappa shape index (κ3) is 5.75. The average Bonchev–Trinajstić information content (AvgIpc) is 3.58. The Morgan fingerprint density at radius 1 is 1.00 bits per heavy atom. The molecule has 4 aliphatic rings. The maximum Gasteiger partial charge on any atom is 0.319 e. The predicted octanol–water partition coefficient (Wildman–Crippen LogP) is 5.18. The minimum atomic E-state index is -0.745. The van der Waals surface area contributed by atoms with Gasteiger partial charge in [0.15, 0.2) is 5.82 Å². The molecule has 2 atom stereocenters. The first-order valence-corrected chi connectivity index (χ1v) is 16.8. The van der Waals surface area contributed by atoms with Crippen molar-refractivity contribution in [1.82, 2.24) is 25.2 Å². The van der Waals surface area contributed by atoms with Gasteiger partial charge in [0.1, 0.15) is 35.2 Å². The van der Waals surface area contributed by atoms with Crippen molar-refractivity contribution in [2.45, 2.75) is 62.1 Å². The van der Waals surface area contributed by atoms with Gasteiger partial charge in [-0.1, -0.05) is 12.1 Å². The summed E-state index contributed by atoms with van der Waals surface area (Å²) in [6.45, 7) is 5.33. The Labute approximate surface area is 271 Å². The van der Waals surface area contributed by atoms with Crippen molar-refractivity contribution in [3.05, 3.63) is 48.2 Å². The maximum absolute atomic E-state index is 16.6. The first-order chi connectivity index (χ1) is 22.9. The van der Waals surface area contributed by atoms with Gasteiger partial charge in [-0.25, -0.2) is 8.78 Å². The van der Waals surface area contributed by atoms with Gasteiger partial charge in [0, 0.05) is 55.5 Å². The Kier molecular flexibility index (Phi) is 8.07. The van der Waals surface area contributed by atoms with Gasteiger partial charge in [0.25, 0.3) is 0 Å². The minimum absolute atomic E-state index is 0.00598. The number of hydrogen-bond donors (Lipinski definition) is 3. The van der Waals surface area contributed by atoms with Crippen LogP contribution in [0.1, 0.15) is 44.9 Å². The van der Waals surface area contributed by atoms with E-state index in [1.165, 1.54) is 24.4 Å². The Balaban J connectivity index is 1.17. The number of phenolic OH excluding ortho intramolecular Hbond substituents is 1. The van der Waals surface area contributed by atoms with Crippen LogP contribution in [0.3, 0.4) is 0 Å². The van der Waals surface area contributed by atoms with Gasteiger partial charge in [-0.05, 0) is 75.1 Å². The molecule has 2 unspecified atom stereocenters. The summed E-state index contributed by atoms with van der Waals surface area (Å²) >= 11 is 0. The fraction of sp³-hybridized carbons (Fsp3) is 0.514. The molecule has 4 bridgehead atoms. The summed E-state index contributed by atoms with van der Waals surface area (Å²) in [4.78, 5) is 16.2. The van der Waals surface area contributed by atoms with Crippen LogP contribution in [0.2, 0.25) is 0 Å². The average molecular weight is 647 g/mol. The summed E-state index contributed by atoms with van der Waals surface area (Å²) in [5.74, 6) is -0.998. The molecule has 0 radical (unpaired) electrons. The monoisotopic (exact) mass is 646 g/mol. The SMILES string of the molecule is Oc1cc(-c2ncc3c4nc(nc3c2F)OCC23CCCN2CC(C3)OCCCOCC2(CCC2)NCCN4)c2c(F)cccc2c1. The summed E-state index contributed by atoms with van der Waals surface area (Å²) in [7, 11) is 0. The van der Waals surface area contributed by atoms with Crippen LogP contribution in [0.15, 0.2) is 36.5 Å². The highest BCUT2D eigenvalue weighted by molar-refractivity contribution is 6.00. The molecule has 2 spiro atoms. The molecule has 1 aliphatic carbocycles. The Morgan fingerprint density at radius 3 is 2.79 bits per heavy atom. The lowest BCUT2D eigenvalue weighted by Crippen LogP contribution is -2.55. The second kappa shape index (κ2) is 12.4. The number of ether oxygens (including phenoxy) is 3. The van der Waals surface area contributed by atoms with E-state index in [9.17, 15) is 5.11 Å². The lowest BCUT2D eigenvalue weighted by Gasteiger charge is -2.42. The summed E-state index contributed by atoms with van der Waals surface area (Å²) in [6.07, 6.45) is 8.63. The lowest BCUT2D eigenvalue weighted by atomic mass is 9.77. The molecular formula is C35H40F2N6O4. The molecular weight excluding hydrogens is 606 g/mol. The van der Waals surface area contributed by atoms with E-state index in [1.807, 2.05) is 0 Å². The van der Waals surface area contributed by atoms with Crippen LogP contribution in [0.4, 0.5) is 14.6 Å². The molecule has 10 nitrogen and oxygen atoms in total. The molecule has 8 rings (SSSR count). The molecule has 248 valence electrons. The second-order valence-electron chi connectivity index (χ2n) is 13.5. The third-order valence-electron chi connectivity index (χ3n) is 10.5. The van der Waals surface area contributed by atoms with Gasteiger partial charge in [-0.3, -0.25) is 9.88 Å². The summed E-state index contributed by atoms with van der Waals surface area (Å²) in [6, 6.07) is 7.35. The zero-order chi connectivity index (χ0) is 32.0. The number of benzene rings is 2. The number of rotatable bonds is 1. The molecule has 2 aromatic heterocycles. The van der Waals surface area contributed by atoms with Crippen molar-refractivity contribution in [2.75, 3.05) is 57.9 Å². The number of hydrogen-bond acceptors (Lipinski definition) is 10. The number of fused-ring (bicyclic) bond motifs is 6. The molecule has 5 heterocycles.